The summed E-state index contributed by atoms with van der Waals surface area (Å²) in [4.78, 5) is 21.6. The van der Waals surface area contributed by atoms with Crippen LogP contribution in [0.1, 0.15) is 0 Å². The predicted molar refractivity (Wildman–Crippen MR) is 60.4 cm³/mol. The molecule has 0 fully saturated rings. The maximum Gasteiger partial charge on any atom is 0.312 e. The summed E-state index contributed by atoms with van der Waals surface area (Å²) in [6.07, 6.45) is 0. The van der Waals surface area contributed by atoms with Gasteiger partial charge in [-0.3, -0.25) is 4.79 Å². The number of nitrogens with two attached hydrogens (primary N) is 1. The maximum absolute atomic E-state index is 11.2. The third-order valence-electron chi connectivity index (χ3n) is 1.53. The van der Waals surface area contributed by atoms with E-state index in [2.05, 4.69) is 26.6 Å². The highest BCUT2D eigenvalue weighted by molar-refractivity contribution is 9.10. The average Bonchev–Trinajstić information content (AvgIpc) is 2.15. The fourth-order valence-electron chi connectivity index (χ4n) is 0.939. The van der Waals surface area contributed by atoms with Crippen molar-refractivity contribution < 1.29 is 9.59 Å². The summed E-state index contributed by atoms with van der Waals surface area (Å²) in [5, 5.41) is 4.79. The van der Waals surface area contributed by atoms with Crippen molar-refractivity contribution in [1.29, 1.82) is 0 Å². The Kier molecular flexibility index (Phi) is 4.11. The van der Waals surface area contributed by atoms with Crippen LogP contribution in [0.2, 0.25) is 0 Å². The molecule has 1 rings (SSSR count). The number of amides is 3. The molecule has 0 spiro atoms. The molecule has 0 aliphatic carbocycles. The van der Waals surface area contributed by atoms with E-state index in [-0.39, 0.29) is 12.5 Å². The van der Waals surface area contributed by atoms with Gasteiger partial charge in [0.15, 0.2) is 0 Å². The van der Waals surface area contributed by atoms with Gasteiger partial charge in [-0.15, -0.1) is 0 Å². The molecule has 0 heterocycles. The lowest BCUT2D eigenvalue weighted by Crippen LogP contribution is -2.36. The number of benzene rings is 1. The molecule has 0 aliphatic heterocycles. The Balaban J connectivity index is 2.48. The van der Waals surface area contributed by atoms with Gasteiger partial charge in [0.2, 0.25) is 5.91 Å². The van der Waals surface area contributed by atoms with Crippen molar-refractivity contribution in [2.45, 2.75) is 0 Å². The normalized spacial score (nSPS) is 9.40. The van der Waals surface area contributed by atoms with Crippen LogP contribution < -0.4 is 16.4 Å². The van der Waals surface area contributed by atoms with Gasteiger partial charge in [0.1, 0.15) is 0 Å². The molecule has 3 amide bonds. The maximum atomic E-state index is 11.2. The summed E-state index contributed by atoms with van der Waals surface area (Å²) in [6.45, 7) is -0.137. The molecule has 0 saturated heterocycles. The second-order valence-electron chi connectivity index (χ2n) is 2.78. The monoisotopic (exact) mass is 271 g/mol. The zero-order chi connectivity index (χ0) is 11.3. The number of urea groups is 1. The van der Waals surface area contributed by atoms with Crippen molar-refractivity contribution in [3.63, 3.8) is 0 Å². The van der Waals surface area contributed by atoms with Crippen LogP contribution in [0.5, 0.6) is 0 Å². The lowest BCUT2D eigenvalue weighted by molar-refractivity contribution is -0.115. The smallest absolute Gasteiger partial charge is 0.312 e. The van der Waals surface area contributed by atoms with Gasteiger partial charge < -0.3 is 16.4 Å². The fraction of sp³-hybridized carbons (Fsp3) is 0.111. The average molecular weight is 272 g/mol. The van der Waals surface area contributed by atoms with Crippen molar-refractivity contribution in [1.82, 2.24) is 5.32 Å². The predicted octanol–water partition coefficient (Wildman–Crippen LogP) is 1.06. The molecular weight excluding hydrogens is 262 g/mol. The van der Waals surface area contributed by atoms with Crippen LogP contribution in [0.15, 0.2) is 28.7 Å². The highest BCUT2D eigenvalue weighted by Gasteiger charge is 2.02. The minimum atomic E-state index is -0.723. The first-order valence-electron chi connectivity index (χ1n) is 4.16. The van der Waals surface area contributed by atoms with Gasteiger partial charge in [0.05, 0.1) is 6.54 Å². The standard InChI is InChI=1S/C9H10BrN3O2/c10-6-2-1-3-7(4-6)13-8(14)5-12-9(11)15/h1-4H,5H2,(H,13,14)(H3,11,12,15). The first kappa shape index (κ1) is 11.5. The van der Waals surface area contributed by atoms with Crippen molar-refractivity contribution in [2.24, 2.45) is 5.73 Å². The number of hydrogen-bond donors (Lipinski definition) is 3. The van der Waals surface area contributed by atoms with Crippen LogP contribution in [0.4, 0.5) is 10.5 Å². The topological polar surface area (TPSA) is 84.2 Å². The number of primary amides is 1. The minimum absolute atomic E-state index is 0.137. The van der Waals surface area contributed by atoms with Gasteiger partial charge in [0.25, 0.3) is 0 Å². The second kappa shape index (κ2) is 5.35. The highest BCUT2D eigenvalue weighted by atomic mass is 79.9. The second-order valence-corrected chi connectivity index (χ2v) is 3.69. The Labute approximate surface area is 95.2 Å². The van der Waals surface area contributed by atoms with Crippen LogP contribution in [0.25, 0.3) is 0 Å². The molecule has 1 aromatic rings. The Morgan fingerprint density at radius 3 is 2.73 bits per heavy atom. The largest absolute Gasteiger partial charge is 0.352 e. The molecule has 80 valence electrons. The zero-order valence-electron chi connectivity index (χ0n) is 7.79. The summed E-state index contributed by atoms with van der Waals surface area (Å²) in [6, 6.07) is 6.41. The van der Waals surface area contributed by atoms with E-state index in [0.717, 1.165) is 4.47 Å². The molecule has 0 unspecified atom stereocenters. The minimum Gasteiger partial charge on any atom is -0.352 e. The summed E-state index contributed by atoms with van der Waals surface area (Å²) in [5.74, 6) is -0.327. The van der Waals surface area contributed by atoms with Crippen molar-refractivity contribution >= 4 is 33.6 Å². The van der Waals surface area contributed by atoms with E-state index < -0.39 is 6.03 Å². The molecule has 0 atom stereocenters. The van der Waals surface area contributed by atoms with E-state index in [0.29, 0.717) is 5.69 Å². The van der Waals surface area contributed by atoms with Crippen molar-refractivity contribution in [3.8, 4) is 0 Å². The van der Waals surface area contributed by atoms with E-state index in [1.807, 2.05) is 6.07 Å². The Hall–Kier alpha value is -1.56. The van der Waals surface area contributed by atoms with Crippen molar-refractivity contribution in [3.05, 3.63) is 28.7 Å². The van der Waals surface area contributed by atoms with Crippen LogP contribution in [0, 0.1) is 0 Å². The lowest BCUT2D eigenvalue weighted by atomic mass is 10.3. The molecule has 0 aliphatic rings. The number of hydrogen-bond acceptors (Lipinski definition) is 2. The van der Waals surface area contributed by atoms with E-state index in [4.69, 9.17) is 5.73 Å². The number of nitrogens with one attached hydrogen (secondary N) is 2. The number of halogens is 1. The first-order valence-corrected chi connectivity index (χ1v) is 4.96. The van der Waals surface area contributed by atoms with Crippen LogP contribution in [-0.4, -0.2) is 18.5 Å². The van der Waals surface area contributed by atoms with Crippen LogP contribution >= 0.6 is 15.9 Å². The van der Waals surface area contributed by atoms with Crippen LogP contribution in [0.3, 0.4) is 0 Å². The molecule has 0 saturated carbocycles. The molecule has 0 radical (unpaired) electrons. The molecule has 5 nitrogen and oxygen atoms in total. The van der Waals surface area contributed by atoms with Gasteiger partial charge in [-0.05, 0) is 18.2 Å². The van der Waals surface area contributed by atoms with E-state index in [1.54, 1.807) is 18.2 Å². The van der Waals surface area contributed by atoms with Gasteiger partial charge in [0, 0.05) is 10.2 Å². The molecule has 6 heteroatoms. The first-order chi connectivity index (χ1) is 7.08. The van der Waals surface area contributed by atoms with Gasteiger partial charge in [-0.25, -0.2) is 4.79 Å². The third-order valence-corrected chi connectivity index (χ3v) is 2.02. The van der Waals surface area contributed by atoms with E-state index in [1.165, 1.54) is 0 Å². The van der Waals surface area contributed by atoms with Gasteiger partial charge in [-0.1, -0.05) is 22.0 Å². The molecule has 15 heavy (non-hydrogen) atoms. The highest BCUT2D eigenvalue weighted by Crippen LogP contribution is 2.15. The molecule has 0 bridgehead atoms. The van der Waals surface area contributed by atoms with Gasteiger partial charge in [-0.2, -0.15) is 0 Å². The molecule has 0 aromatic heterocycles. The quantitative estimate of drug-likeness (QED) is 0.768. The Morgan fingerprint density at radius 2 is 2.13 bits per heavy atom. The Bertz CT molecular complexity index is 381. The van der Waals surface area contributed by atoms with Crippen LogP contribution in [-0.2, 0) is 4.79 Å². The van der Waals surface area contributed by atoms with Gasteiger partial charge >= 0.3 is 6.03 Å². The summed E-state index contributed by atoms with van der Waals surface area (Å²) in [5.41, 5.74) is 5.47. The van der Waals surface area contributed by atoms with E-state index >= 15 is 0 Å². The molecule has 4 N–H and O–H groups in total. The molecular formula is C9H10BrN3O2. The van der Waals surface area contributed by atoms with Crippen molar-refractivity contribution in [2.75, 3.05) is 11.9 Å². The summed E-state index contributed by atoms with van der Waals surface area (Å²) >= 11 is 3.27. The summed E-state index contributed by atoms with van der Waals surface area (Å²) in [7, 11) is 0. The molecule has 1 aromatic carbocycles. The number of carbonyl (C=O) groups is 2. The Morgan fingerprint density at radius 1 is 1.40 bits per heavy atom. The SMILES string of the molecule is NC(=O)NCC(=O)Nc1cccc(Br)c1. The number of carbonyl (C=O) groups excluding carboxylic acids is 2. The number of rotatable bonds is 3. The number of anilines is 1. The fourth-order valence-corrected chi connectivity index (χ4v) is 1.34. The zero-order valence-corrected chi connectivity index (χ0v) is 9.37. The lowest BCUT2D eigenvalue weighted by Gasteiger charge is -2.05. The van der Waals surface area contributed by atoms with E-state index in [9.17, 15) is 9.59 Å². The summed E-state index contributed by atoms with van der Waals surface area (Å²) < 4.78 is 0.864. The third kappa shape index (κ3) is 4.46.